The Morgan fingerprint density at radius 1 is 1.16 bits per heavy atom. The van der Waals surface area contributed by atoms with Crippen LogP contribution in [0.25, 0.3) is 0 Å². The predicted molar refractivity (Wildman–Crippen MR) is 120 cm³/mol. The average Bonchev–Trinajstić information content (AvgIpc) is 2.71. The van der Waals surface area contributed by atoms with Crippen molar-refractivity contribution >= 4 is 17.7 Å². The third kappa shape index (κ3) is 5.57. The molecule has 1 unspecified atom stereocenters. The minimum Gasteiger partial charge on any atom is -0.490 e. The van der Waals surface area contributed by atoms with Crippen molar-refractivity contribution in [3.8, 4) is 5.75 Å². The molecule has 1 heterocycles. The Labute approximate surface area is 184 Å². The van der Waals surface area contributed by atoms with E-state index in [1.54, 1.807) is 11.8 Å². The summed E-state index contributed by atoms with van der Waals surface area (Å²) in [5.74, 6) is 0.188. The molecule has 6 nitrogen and oxygen atoms in total. The minimum absolute atomic E-state index is 0.175. The number of benzene rings is 2. The van der Waals surface area contributed by atoms with E-state index in [2.05, 4.69) is 0 Å². The molecule has 31 heavy (non-hydrogen) atoms. The van der Waals surface area contributed by atoms with E-state index in [4.69, 9.17) is 14.2 Å². The van der Waals surface area contributed by atoms with Crippen molar-refractivity contribution in [1.82, 2.24) is 0 Å². The van der Waals surface area contributed by atoms with Gasteiger partial charge >= 0.3 is 12.1 Å². The Morgan fingerprint density at radius 3 is 2.58 bits per heavy atom. The molecule has 6 heteroatoms. The largest absolute Gasteiger partial charge is 0.490 e. The van der Waals surface area contributed by atoms with Gasteiger partial charge in [0, 0.05) is 5.92 Å². The molecule has 2 aromatic rings. The summed E-state index contributed by atoms with van der Waals surface area (Å²) in [5, 5.41) is 0. The smallest absolute Gasteiger partial charge is 0.415 e. The van der Waals surface area contributed by atoms with E-state index in [0.717, 1.165) is 16.7 Å². The second-order valence-corrected chi connectivity index (χ2v) is 8.63. The van der Waals surface area contributed by atoms with Crippen LogP contribution in [-0.2, 0) is 14.3 Å². The fraction of sp³-hybridized carbons (Fsp3) is 0.440. The van der Waals surface area contributed by atoms with Gasteiger partial charge in [0.15, 0.2) is 0 Å². The van der Waals surface area contributed by atoms with Crippen molar-refractivity contribution in [2.75, 3.05) is 24.7 Å². The number of aryl methyl sites for hydroxylation is 1. The Bertz CT molecular complexity index is 947. The summed E-state index contributed by atoms with van der Waals surface area (Å²) in [6.07, 6.45) is -0.167. The van der Waals surface area contributed by atoms with E-state index in [-0.39, 0.29) is 18.3 Å². The van der Waals surface area contributed by atoms with Gasteiger partial charge in [-0.2, -0.15) is 0 Å². The molecule has 2 aromatic carbocycles. The maximum absolute atomic E-state index is 12.7. The van der Waals surface area contributed by atoms with Gasteiger partial charge in [0.05, 0.1) is 25.3 Å². The first-order valence-electron chi connectivity index (χ1n) is 10.7. The van der Waals surface area contributed by atoms with Crippen LogP contribution in [0.3, 0.4) is 0 Å². The van der Waals surface area contributed by atoms with Crippen LogP contribution in [0.2, 0.25) is 0 Å². The zero-order valence-corrected chi connectivity index (χ0v) is 18.9. The number of esters is 1. The summed E-state index contributed by atoms with van der Waals surface area (Å²) in [4.78, 5) is 26.6. The van der Waals surface area contributed by atoms with Crippen LogP contribution in [-0.4, -0.2) is 37.4 Å². The van der Waals surface area contributed by atoms with Crippen LogP contribution in [0.15, 0.2) is 42.5 Å². The Kier molecular flexibility index (Phi) is 6.88. The molecule has 0 N–H and O–H groups in total. The van der Waals surface area contributed by atoms with Crippen LogP contribution < -0.4 is 9.64 Å². The maximum atomic E-state index is 12.7. The second kappa shape index (κ2) is 9.41. The van der Waals surface area contributed by atoms with E-state index >= 15 is 0 Å². The zero-order chi connectivity index (χ0) is 22.6. The lowest BCUT2D eigenvalue weighted by Crippen LogP contribution is -2.41. The maximum Gasteiger partial charge on any atom is 0.415 e. The lowest BCUT2D eigenvalue weighted by Gasteiger charge is -2.32. The number of fused-ring (bicyclic) bond motifs is 1. The predicted octanol–water partition coefficient (Wildman–Crippen LogP) is 5.21. The highest BCUT2D eigenvalue weighted by molar-refractivity contribution is 5.90. The molecule has 166 valence electrons. The zero-order valence-electron chi connectivity index (χ0n) is 18.9. The summed E-state index contributed by atoms with van der Waals surface area (Å²) in [6, 6.07) is 13.8. The normalized spacial score (nSPS) is 14.3. The number of rotatable bonds is 5. The summed E-state index contributed by atoms with van der Waals surface area (Å²) >= 11 is 0. The van der Waals surface area contributed by atoms with Crippen molar-refractivity contribution in [3.05, 3.63) is 59.2 Å². The summed E-state index contributed by atoms with van der Waals surface area (Å²) in [6.45, 7) is 10.5. The Hall–Kier alpha value is -3.02. The average molecular weight is 426 g/mol. The molecule has 0 spiro atoms. The summed E-state index contributed by atoms with van der Waals surface area (Å²) in [7, 11) is 0. The van der Waals surface area contributed by atoms with Gasteiger partial charge in [-0.25, -0.2) is 4.79 Å². The van der Waals surface area contributed by atoms with Crippen molar-refractivity contribution < 1.29 is 23.8 Å². The molecule has 1 aliphatic rings. The first-order chi connectivity index (χ1) is 14.7. The van der Waals surface area contributed by atoms with E-state index in [0.29, 0.717) is 31.2 Å². The van der Waals surface area contributed by atoms with Crippen LogP contribution in [0.4, 0.5) is 10.5 Å². The number of ether oxygens (including phenoxy) is 3. The highest BCUT2D eigenvalue weighted by atomic mass is 16.6. The molecule has 0 saturated heterocycles. The standard InChI is InChI=1S/C25H31NO5/c1-6-29-23(27)16-20(19-10-8-7-9-17(19)2)18-11-12-21-22(15-18)30-14-13-26(21)24(28)31-25(3,4)5/h7-12,15,20H,6,13-14,16H2,1-5H3. The number of hydrogen-bond acceptors (Lipinski definition) is 5. The molecule has 1 aliphatic heterocycles. The van der Waals surface area contributed by atoms with Gasteiger partial charge in [0.1, 0.15) is 18.0 Å². The Morgan fingerprint density at radius 2 is 1.90 bits per heavy atom. The first kappa shape index (κ1) is 22.7. The molecule has 1 amide bonds. The quantitative estimate of drug-likeness (QED) is 0.615. The number of carbonyl (C=O) groups is 2. The van der Waals surface area contributed by atoms with Crippen LogP contribution in [0.5, 0.6) is 5.75 Å². The molecule has 0 saturated carbocycles. The molecule has 0 aromatic heterocycles. The molecule has 0 aliphatic carbocycles. The molecular weight excluding hydrogens is 394 g/mol. The minimum atomic E-state index is -0.578. The Balaban J connectivity index is 1.96. The third-order valence-electron chi connectivity index (χ3n) is 5.10. The molecule has 0 bridgehead atoms. The van der Waals surface area contributed by atoms with E-state index in [1.165, 1.54) is 0 Å². The van der Waals surface area contributed by atoms with Gasteiger partial charge < -0.3 is 14.2 Å². The molecule has 3 rings (SSSR count). The molecule has 0 fully saturated rings. The highest BCUT2D eigenvalue weighted by Gasteiger charge is 2.29. The lowest BCUT2D eigenvalue weighted by molar-refractivity contribution is -0.143. The third-order valence-corrected chi connectivity index (χ3v) is 5.10. The highest BCUT2D eigenvalue weighted by Crippen LogP contribution is 2.38. The van der Waals surface area contributed by atoms with Gasteiger partial charge in [-0.15, -0.1) is 0 Å². The number of hydrogen-bond donors (Lipinski definition) is 0. The lowest BCUT2D eigenvalue weighted by atomic mass is 9.85. The number of amides is 1. The fourth-order valence-corrected chi connectivity index (χ4v) is 3.73. The van der Waals surface area contributed by atoms with Crippen molar-refractivity contribution in [2.24, 2.45) is 0 Å². The summed E-state index contributed by atoms with van der Waals surface area (Å²) < 4.78 is 16.6. The SMILES string of the molecule is CCOC(=O)CC(c1ccc2c(c1)OCCN2C(=O)OC(C)(C)C)c1ccccc1C. The molecule has 1 atom stereocenters. The number of nitrogens with zero attached hydrogens (tertiary/aromatic N) is 1. The van der Waals surface area contributed by atoms with Crippen molar-refractivity contribution in [3.63, 3.8) is 0 Å². The van der Waals surface area contributed by atoms with Crippen LogP contribution in [0, 0.1) is 6.92 Å². The number of anilines is 1. The first-order valence-corrected chi connectivity index (χ1v) is 10.7. The fourth-order valence-electron chi connectivity index (χ4n) is 3.73. The molecular formula is C25H31NO5. The van der Waals surface area contributed by atoms with Gasteiger partial charge in [-0.1, -0.05) is 30.3 Å². The van der Waals surface area contributed by atoms with Gasteiger partial charge in [0.2, 0.25) is 0 Å². The van der Waals surface area contributed by atoms with E-state index in [1.807, 2.05) is 70.2 Å². The van der Waals surface area contributed by atoms with Gasteiger partial charge in [-0.3, -0.25) is 9.69 Å². The van der Waals surface area contributed by atoms with Crippen LogP contribution >= 0.6 is 0 Å². The van der Waals surface area contributed by atoms with E-state index in [9.17, 15) is 9.59 Å². The van der Waals surface area contributed by atoms with E-state index < -0.39 is 11.7 Å². The summed E-state index contributed by atoms with van der Waals surface area (Å²) in [5.41, 5.74) is 3.20. The van der Waals surface area contributed by atoms with Crippen molar-refractivity contribution in [2.45, 2.75) is 52.6 Å². The van der Waals surface area contributed by atoms with Gasteiger partial charge in [0.25, 0.3) is 0 Å². The molecule has 0 radical (unpaired) electrons. The monoisotopic (exact) mass is 425 g/mol. The van der Waals surface area contributed by atoms with Crippen molar-refractivity contribution in [1.29, 1.82) is 0 Å². The topological polar surface area (TPSA) is 65.1 Å². The van der Waals surface area contributed by atoms with Gasteiger partial charge in [-0.05, 0) is 63.4 Å². The van der Waals surface area contributed by atoms with Crippen LogP contribution in [0.1, 0.15) is 56.7 Å². The number of carbonyl (C=O) groups excluding carboxylic acids is 2. The second-order valence-electron chi connectivity index (χ2n) is 8.63.